The van der Waals surface area contributed by atoms with Crippen LogP contribution in [0.3, 0.4) is 0 Å². The molecule has 0 aromatic heterocycles. The van der Waals surface area contributed by atoms with E-state index in [0.29, 0.717) is 11.1 Å². The van der Waals surface area contributed by atoms with Crippen LogP contribution in [0, 0.1) is 16.7 Å². The molecule has 3 aromatic rings. The maximum atomic E-state index is 15.8. The number of benzene rings is 3. The Hall–Kier alpha value is -5.58. The van der Waals surface area contributed by atoms with E-state index in [-0.39, 0.29) is 46.7 Å². The second-order valence-corrected chi connectivity index (χ2v) is 26.0. The minimum atomic E-state index is -3.25. The average Bonchev–Trinajstić information content (AvgIpc) is 3.72. The van der Waals surface area contributed by atoms with Gasteiger partial charge in [-0.25, -0.2) is 0 Å². The first-order valence-electron chi connectivity index (χ1n) is 24.3. The Labute approximate surface area is 436 Å². The van der Waals surface area contributed by atoms with Crippen LogP contribution < -0.4 is 0 Å². The molecule has 12 atom stereocenters. The molecule has 19 heteroatoms. The number of Topliss-reactive ketones (excluding diaryl/α,β-unsaturated/α-hetero) is 1. The van der Waals surface area contributed by atoms with Gasteiger partial charge in [-0.05, 0) is 0 Å². The fourth-order valence-electron chi connectivity index (χ4n) is 11.6. The molecule has 3 aliphatic carbocycles. The van der Waals surface area contributed by atoms with Gasteiger partial charge in [0.15, 0.2) is 0 Å². The molecule has 18 nitrogen and oxygen atoms in total. The molecule has 8 rings (SSSR count). The molecule has 2 heterocycles. The zero-order valence-corrected chi connectivity index (χ0v) is 44.9. The number of ketones is 1. The molecule has 2 saturated carbocycles. The Morgan fingerprint density at radius 1 is 0.824 bits per heavy atom. The molecule has 4 fully saturated rings. The van der Waals surface area contributed by atoms with Gasteiger partial charge in [-0.2, -0.15) is 0 Å². The molecule has 0 radical (unpaired) electrons. The number of rotatable bonds is 14. The van der Waals surface area contributed by atoms with Crippen LogP contribution in [-0.4, -0.2) is 134 Å². The normalized spacial score (nSPS) is 31.5. The summed E-state index contributed by atoms with van der Waals surface area (Å²) < 4.78 is 52.7. The van der Waals surface area contributed by atoms with E-state index < -0.39 is 142 Å². The van der Waals surface area contributed by atoms with E-state index in [9.17, 15) is 34.2 Å². The van der Waals surface area contributed by atoms with Crippen LogP contribution >= 0.6 is 19.8 Å². The molecule has 5 aliphatic rings. The number of ether oxygens (including phenoxy) is 9. The number of carbonyl (C=O) groups excluding carboxylic acids is 7. The summed E-state index contributed by atoms with van der Waals surface area (Å²) in [5.74, 6) is -7.30. The zero-order chi connectivity index (χ0) is 53.7. The monoisotopic (exact) mass is 1140 g/mol. The number of carbonyl (C=O) groups is 7. The Kier molecular flexibility index (Phi) is 15.4. The van der Waals surface area contributed by atoms with Crippen molar-refractivity contribution in [1.82, 2.24) is 0 Å². The minimum absolute atomic E-state index is 0.0354. The summed E-state index contributed by atoms with van der Waals surface area (Å²) in [4.78, 5) is 102. The zero-order valence-electron chi connectivity index (χ0n) is 42.7. The van der Waals surface area contributed by atoms with Gasteiger partial charge in [0, 0.05) is 6.92 Å². The van der Waals surface area contributed by atoms with E-state index in [1.165, 1.54) is 26.0 Å². The molecule has 2 bridgehead atoms. The average molecular weight is 1140 g/mol. The predicted octanol–water partition coefficient (Wildman–Crippen LogP) is 6.59. The van der Waals surface area contributed by atoms with Crippen molar-refractivity contribution in [2.75, 3.05) is 24.8 Å². The number of fused-ring (bicyclic) bond motifs is 5. The summed E-state index contributed by atoms with van der Waals surface area (Å²) in [5, 5.41) is 26.3. The number of hydrogen-bond donors (Lipinski definition) is 2. The van der Waals surface area contributed by atoms with Gasteiger partial charge in [-0.3, -0.25) is 4.79 Å². The molecule has 2 N–H and O–H groups in total. The Balaban J connectivity index is 1.29. The van der Waals surface area contributed by atoms with Crippen LogP contribution in [0.1, 0.15) is 98.4 Å². The number of esters is 4. The molecule has 0 spiro atoms. The van der Waals surface area contributed by atoms with Crippen LogP contribution in [0.15, 0.2) is 102 Å². The van der Waals surface area contributed by atoms with Gasteiger partial charge in [0.25, 0.3) is 0 Å². The van der Waals surface area contributed by atoms with Crippen LogP contribution in [0.25, 0.3) is 0 Å². The predicted molar refractivity (Wildman–Crippen MR) is 270 cm³/mol. The van der Waals surface area contributed by atoms with Crippen molar-refractivity contribution in [1.29, 1.82) is 0 Å². The van der Waals surface area contributed by atoms with Crippen molar-refractivity contribution >= 4 is 59.4 Å². The number of aliphatic hydroxyl groups is 2. The molecule has 398 valence electrons. The summed E-state index contributed by atoms with van der Waals surface area (Å²) in [5.41, 5.74) is -7.14. The maximum absolute atomic E-state index is 15.8. The Bertz CT molecular complexity index is 2690. The molecule has 1 unspecified atom stereocenters. The van der Waals surface area contributed by atoms with Gasteiger partial charge in [0.1, 0.15) is 0 Å². The van der Waals surface area contributed by atoms with E-state index in [0.717, 1.165) is 13.8 Å². The Morgan fingerprint density at radius 2 is 1.43 bits per heavy atom. The van der Waals surface area contributed by atoms with Crippen LogP contribution in [0.4, 0.5) is 4.79 Å². The van der Waals surface area contributed by atoms with Gasteiger partial charge in [-0.15, -0.1) is 0 Å². The van der Waals surface area contributed by atoms with Crippen LogP contribution in [0.5, 0.6) is 0 Å². The molecule has 0 amide bonds. The second-order valence-electron chi connectivity index (χ2n) is 20.7. The SMILES string of the molecule is CC(=O)O[C@H]1C(=O)[C@@]2(C)C([C@H](OC(=O)c3ccccc3)[C@]3(O)C[C@H](OC(=O)[C@H](OC(=O)OC[C@@H]4COC(C)(C)O4)[C@H](c4ccccc4)I(C)C(=O)c4ccccc4)C(C)=C1C3(C)C)[C@]1(OC(C)=O)CO[C@@H]1C[C@@H]2O. The van der Waals surface area contributed by atoms with Crippen molar-refractivity contribution in [3.63, 3.8) is 0 Å². The molecule has 2 aliphatic heterocycles. The summed E-state index contributed by atoms with van der Waals surface area (Å²) in [6.45, 7) is 11.1. The van der Waals surface area contributed by atoms with Gasteiger partial charge in [0.05, 0.1) is 0 Å². The molecule has 3 aromatic carbocycles. The third-order valence-corrected chi connectivity index (χ3v) is 20.9. The van der Waals surface area contributed by atoms with Crippen LogP contribution in [0.2, 0.25) is 0 Å². The molecule has 74 heavy (non-hydrogen) atoms. The first-order chi connectivity index (χ1) is 34.9. The number of aliphatic hydroxyl groups excluding tert-OH is 1. The summed E-state index contributed by atoms with van der Waals surface area (Å²) in [6, 6.07) is 24.8. The van der Waals surface area contributed by atoms with E-state index in [4.69, 9.17) is 42.6 Å². The van der Waals surface area contributed by atoms with E-state index in [2.05, 4.69) is 0 Å². The topological polar surface area (TPSA) is 243 Å². The summed E-state index contributed by atoms with van der Waals surface area (Å²) >= 11 is -3.25. The first-order valence-corrected chi connectivity index (χ1v) is 28.8. The number of halogens is 1. The van der Waals surface area contributed by atoms with Crippen molar-refractivity contribution in [2.24, 2.45) is 16.7 Å². The van der Waals surface area contributed by atoms with E-state index >= 15 is 9.59 Å². The number of hydrogen-bond acceptors (Lipinski definition) is 18. The third-order valence-electron chi connectivity index (χ3n) is 15.4. The van der Waals surface area contributed by atoms with Gasteiger partial charge in [-0.1, -0.05) is 18.2 Å². The van der Waals surface area contributed by atoms with Gasteiger partial charge >= 0.3 is 408 Å². The fourth-order valence-corrected chi connectivity index (χ4v) is 16.5. The standard InChI is InChI=1S/C55H63IO18/c1-30-37(70-49(63)43(71-50(64)66-27-36-28-68-52(6,7)74-36)41(33-19-13-10-14-20-33)56(9)47(61)34-21-15-11-16-22-34)26-55(65)46(72-48(62)35-23-17-12-18-24-35)44-53(8,38(59)25-39-54(44,29-67-39)73-32(3)58)45(60)42(69-31(2)57)40(30)51(55,4)5/h10-24,36-39,41-44,46,59,65H,25-29H2,1-9H3/t36-,37+,38+,39-,41+,42-,43-,44?,46+,53-,54+,55-/m1/s1. The third kappa shape index (κ3) is 9.90. The van der Waals surface area contributed by atoms with Crippen molar-refractivity contribution in [2.45, 2.75) is 132 Å². The molecular weight excluding hydrogens is 1080 g/mol. The molecule has 2 saturated heterocycles. The van der Waals surface area contributed by atoms with Gasteiger partial charge in [0.2, 0.25) is 0 Å². The Morgan fingerprint density at radius 3 is 1.99 bits per heavy atom. The van der Waals surface area contributed by atoms with Crippen molar-refractivity contribution in [3.8, 4) is 0 Å². The van der Waals surface area contributed by atoms with Crippen molar-refractivity contribution < 1.29 is 86.4 Å². The first kappa shape index (κ1) is 54.7. The van der Waals surface area contributed by atoms with Crippen LogP contribution in [-0.2, 0) is 61.8 Å². The second kappa shape index (κ2) is 20.9. The fraction of sp³-hybridized carbons (Fsp3) is 0.509. The summed E-state index contributed by atoms with van der Waals surface area (Å²) in [6.07, 6.45) is -12.7. The molecular formula is C55H63IO18. The number of alkyl halides is 2. The van der Waals surface area contributed by atoms with E-state index in [1.807, 2.05) is 0 Å². The quantitative estimate of drug-likeness (QED) is 0.0432. The summed E-state index contributed by atoms with van der Waals surface area (Å²) in [7, 11) is 0. The van der Waals surface area contributed by atoms with Gasteiger partial charge < -0.3 is 0 Å². The van der Waals surface area contributed by atoms with Crippen molar-refractivity contribution in [3.05, 3.63) is 119 Å². The van der Waals surface area contributed by atoms with E-state index in [1.54, 1.807) is 111 Å².